The van der Waals surface area contributed by atoms with Crippen molar-refractivity contribution >= 4 is 11.9 Å². The highest BCUT2D eigenvalue weighted by Crippen LogP contribution is 2.33. The van der Waals surface area contributed by atoms with Crippen LogP contribution in [-0.2, 0) is 14.3 Å². The first kappa shape index (κ1) is 15.3. The molecule has 1 saturated carbocycles. The predicted molar refractivity (Wildman–Crippen MR) is 74.1 cm³/mol. The van der Waals surface area contributed by atoms with Crippen molar-refractivity contribution in [3.63, 3.8) is 0 Å². The molecule has 1 aliphatic heterocycles. The third kappa shape index (κ3) is 2.97. The normalized spacial score (nSPS) is 40.8. The van der Waals surface area contributed by atoms with E-state index in [2.05, 4.69) is 5.32 Å². The highest BCUT2D eigenvalue weighted by atomic mass is 16.5. The molecule has 1 aliphatic carbocycles. The summed E-state index contributed by atoms with van der Waals surface area (Å²) in [5.41, 5.74) is 0. The Morgan fingerprint density at radius 3 is 2.45 bits per heavy atom. The summed E-state index contributed by atoms with van der Waals surface area (Å²) in [6.07, 6.45) is 2.58. The number of carboxylic acids is 1. The van der Waals surface area contributed by atoms with Crippen LogP contribution in [0, 0.1) is 23.7 Å². The number of rotatable bonds is 4. The average Bonchev–Trinajstić information content (AvgIpc) is 2.93. The van der Waals surface area contributed by atoms with E-state index in [0.717, 1.165) is 19.3 Å². The van der Waals surface area contributed by atoms with E-state index in [-0.39, 0.29) is 41.8 Å². The van der Waals surface area contributed by atoms with Crippen molar-refractivity contribution in [2.75, 3.05) is 6.54 Å². The van der Waals surface area contributed by atoms with E-state index in [1.54, 1.807) is 0 Å². The monoisotopic (exact) mass is 283 g/mol. The summed E-state index contributed by atoms with van der Waals surface area (Å²) >= 11 is 0. The van der Waals surface area contributed by atoms with Gasteiger partial charge in [-0.3, -0.25) is 9.59 Å². The maximum absolute atomic E-state index is 12.3. The fraction of sp³-hybridized carbons (Fsp3) is 0.867. The molecule has 20 heavy (non-hydrogen) atoms. The van der Waals surface area contributed by atoms with Crippen LogP contribution in [0.15, 0.2) is 0 Å². The molecule has 114 valence electrons. The first-order chi connectivity index (χ1) is 9.41. The lowest BCUT2D eigenvalue weighted by Crippen LogP contribution is -2.40. The number of ether oxygens (including phenoxy) is 1. The van der Waals surface area contributed by atoms with E-state index < -0.39 is 5.97 Å². The molecule has 0 aromatic carbocycles. The second-order valence-electron chi connectivity index (χ2n) is 6.31. The van der Waals surface area contributed by atoms with Gasteiger partial charge in [-0.2, -0.15) is 0 Å². The number of amides is 1. The van der Waals surface area contributed by atoms with Crippen LogP contribution in [0.4, 0.5) is 0 Å². The predicted octanol–water partition coefficient (Wildman–Crippen LogP) is 1.66. The van der Waals surface area contributed by atoms with Gasteiger partial charge in [-0.1, -0.05) is 13.3 Å². The highest BCUT2D eigenvalue weighted by Gasteiger charge is 2.42. The number of carboxylic acid groups (broad SMARTS) is 1. The van der Waals surface area contributed by atoms with Crippen LogP contribution in [-0.4, -0.2) is 35.7 Å². The SMILES string of the molecule is CC1OC(C)C(C(=O)NCC2CCCC2C(=O)O)C1C. The van der Waals surface area contributed by atoms with Crippen LogP contribution < -0.4 is 5.32 Å². The molecule has 1 heterocycles. The molecular formula is C15H25NO4. The number of hydrogen-bond donors (Lipinski definition) is 2. The maximum atomic E-state index is 12.3. The highest BCUT2D eigenvalue weighted by molar-refractivity contribution is 5.80. The summed E-state index contributed by atoms with van der Waals surface area (Å²) in [6, 6.07) is 0. The van der Waals surface area contributed by atoms with Crippen molar-refractivity contribution in [2.45, 2.75) is 52.2 Å². The van der Waals surface area contributed by atoms with E-state index >= 15 is 0 Å². The van der Waals surface area contributed by atoms with Crippen LogP contribution >= 0.6 is 0 Å². The van der Waals surface area contributed by atoms with Gasteiger partial charge in [-0.05, 0) is 38.5 Å². The summed E-state index contributed by atoms with van der Waals surface area (Å²) in [4.78, 5) is 23.4. The van der Waals surface area contributed by atoms with Crippen LogP contribution in [0.2, 0.25) is 0 Å². The standard InChI is InChI=1S/C15H25NO4/c1-8-9(2)20-10(3)13(8)14(17)16-7-11-5-4-6-12(11)15(18)19/h8-13H,4-7H2,1-3H3,(H,16,17)(H,18,19). The second kappa shape index (κ2) is 6.12. The Hall–Kier alpha value is -1.10. The first-order valence-electron chi connectivity index (χ1n) is 7.57. The number of hydrogen-bond acceptors (Lipinski definition) is 3. The average molecular weight is 283 g/mol. The molecule has 0 aromatic rings. The third-order valence-electron chi connectivity index (χ3n) is 5.06. The van der Waals surface area contributed by atoms with Gasteiger partial charge < -0.3 is 15.2 Å². The second-order valence-corrected chi connectivity index (χ2v) is 6.31. The zero-order valence-electron chi connectivity index (χ0n) is 12.5. The van der Waals surface area contributed by atoms with Crippen LogP contribution in [0.25, 0.3) is 0 Å². The lowest BCUT2D eigenvalue weighted by molar-refractivity contribution is -0.143. The Balaban J connectivity index is 1.88. The van der Waals surface area contributed by atoms with E-state index in [4.69, 9.17) is 9.84 Å². The molecule has 2 N–H and O–H groups in total. The van der Waals surface area contributed by atoms with Crippen molar-refractivity contribution in [3.8, 4) is 0 Å². The van der Waals surface area contributed by atoms with Crippen molar-refractivity contribution in [3.05, 3.63) is 0 Å². The van der Waals surface area contributed by atoms with E-state index in [1.165, 1.54) is 0 Å². The number of aliphatic carboxylic acids is 1. The molecule has 6 atom stereocenters. The molecule has 2 aliphatic rings. The Morgan fingerprint density at radius 1 is 1.20 bits per heavy atom. The fourth-order valence-corrected chi connectivity index (χ4v) is 3.67. The Morgan fingerprint density at radius 2 is 1.90 bits per heavy atom. The topological polar surface area (TPSA) is 75.6 Å². The van der Waals surface area contributed by atoms with E-state index in [9.17, 15) is 9.59 Å². The molecule has 2 fully saturated rings. The third-order valence-corrected chi connectivity index (χ3v) is 5.06. The van der Waals surface area contributed by atoms with Crippen LogP contribution in [0.1, 0.15) is 40.0 Å². The Kier molecular flexibility index (Phi) is 4.68. The van der Waals surface area contributed by atoms with Crippen LogP contribution in [0.3, 0.4) is 0 Å². The first-order valence-corrected chi connectivity index (χ1v) is 7.57. The molecule has 0 aromatic heterocycles. The summed E-state index contributed by atoms with van der Waals surface area (Å²) < 4.78 is 5.68. The molecule has 5 nitrogen and oxygen atoms in total. The zero-order chi connectivity index (χ0) is 14.9. The van der Waals surface area contributed by atoms with Gasteiger partial charge in [0.05, 0.1) is 24.0 Å². The van der Waals surface area contributed by atoms with Crippen molar-refractivity contribution < 1.29 is 19.4 Å². The van der Waals surface area contributed by atoms with Gasteiger partial charge in [0, 0.05) is 6.54 Å². The molecule has 1 amide bonds. The molecule has 0 spiro atoms. The van der Waals surface area contributed by atoms with Gasteiger partial charge in [-0.15, -0.1) is 0 Å². The largest absolute Gasteiger partial charge is 0.481 e. The van der Waals surface area contributed by atoms with Crippen LogP contribution in [0.5, 0.6) is 0 Å². The number of carbonyl (C=O) groups is 2. The fourth-order valence-electron chi connectivity index (χ4n) is 3.67. The molecule has 6 unspecified atom stereocenters. The van der Waals surface area contributed by atoms with Crippen molar-refractivity contribution in [1.29, 1.82) is 0 Å². The lowest BCUT2D eigenvalue weighted by Gasteiger charge is -2.21. The van der Waals surface area contributed by atoms with Gasteiger partial charge in [-0.25, -0.2) is 0 Å². The maximum Gasteiger partial charge on any atom is 0.306 e. The van der Waals surface area contributed by atoms with Gasteiger partial charge in [0.15, 0.2) is 0 Å². The van der Waals surface area contributed by atoms with E-state index in [0.29, 0.717) is 6.54 Å². The quantitative estimate of drug-likeness (QED) is 0.823. The molecule has 1 saturated heterocycles. The summed E-state index contributed by atoms with van der Waals surface area (Å²) in [6.45, 7) is 6.43. The Bertz CT molecular complexity index is 384. The molecule has 0 bridgehead atoms. The minimum atomic E-state index is -0.735. The molecule has 2 rings (SSSR count). The smallest absolute Gasteiger partial charge is 0.306 e. The summed E-state index contributed by atoms with van der Waals surface area (Å²) in [5, 5.41) is 12.1. The zero-order valence-corrected chi connectivity index (χ0v) is 12.5. The van der Waals surface area contributed by atoms with E-state index in [1.807, 2.05) is 20.8 Å². The summed E-state index contributed by atoms with van der Waals surface area (Å²) in [5.74, 6) is -0.893. The van der Waals surface area contributed by atoms with Crippen molar-refractivity contribution in [2.24, 2.45) is 23.7 Å². The minimum Gasteiger partial charge on any atom is -0.481 e. The number of nitrogens with one attached hydrogen (secondary N) is 1. The van der Waals surface area contributed by atoms with Gasteiger partial charge in [0.1, 0.15) is 0 Å². The Labute approximate surface area is 120 Å². The van der Waals surface area contributed by atoms with Gasteiger partial charge >= 0.3 is 5.97 Å². The molecule has 0 radical (unpaired) electrons. The lowest BCUT2D eigenvalue weighted by atomic mass is 9.88. The molecule has 5 heteroatoms. The van der Waals surface area contributed by atoms with Gasteiger partial charge in [0.25, 0.3) is 0 Å². The number of carbonyl (C=O) groups excluding carboxylic acids is 1. The summed E-state index contributed by atoms with van der Waals surface area (Å²) in [7, 11) is 0. The minimum absolute atomic E-state index is 0.00499. The van der Waals surface area contributed by atoms with Crippen molar-refractivity contribution in [1.82, 2.24) is 5.32 Å². The van der Waals surface area contributed by atoms with Gasteiger partial charge in [0.2, 0.25) is 5.91 Å². The molecular weight excluding hydrogens is 258 g/mol.